The van der Waals surface area contributed by atoms with Gasteiger partial charge < -0.3 is 9.47 Å². The first kappa shape index (κ1) is 10.7. The summed E-state index contributed by atoms with van der Waals surface area (Å²) in [5.41, 5.74) is 3.14. The molecule has 0 amide bonds. The molecule has 2 atom stereocenters. The fourth-order valence-electron chi connectivity index (χ4n) is 2.55. The Labute approximate surface area is 99.9 Å². The molecule has 3 rings (SSSR count). The van der Waals surface area contributed by atoms with Crippen molar-refractivity contribution in [1.29, 1.82) is 0 Å². The maximum atomic E-state index is 11.9. The van der Waals surface area contributed by atoms with Gasteiger partial charge in [0.25, 0.3) is 0 Å². The number of benzene rings is 1. The van der Waals surface area contributed by atoms with E-state index in [1.807, 2.05) is 19.9 Å². The summed E-state index contributed by atoms with van der Waals surface area (Å²) in [6.07, 6.45) is -0.160. The van der Waals surface area contributed by atoms with E-state index in [1.165, 1.54) is 0 Å². The predicted octanol–water partition coefficient (Wildman–Crippen LogP) is 1.46. The van der Waals surface area contributed by atoms with Crippen LogP contribution in [-0.4, -0.2) is 19.2 Å². The number of ether oxygens (including phenoxy) is 2. The number of nitrogens with one attached hydrogen (secondary N) is 1. The average molecular weight is 233 g/mol. The lowest BCUT2D eigenvalue weighted by molar-refractivity contribution is -0.152. The molecule has 1 aromatic rings. The van der Waals surface area contributed by atoms with Crippen LogP contribution in [0, 0.1) is 19.8 Å². The van der Waals surface area contributed by atoms with Crippen molar-refractivity contribution in [2.75, 3.05) is 13.3 Å². The molecule has 1 aromatic carbocycles. The van der Waals surface area contributed by atoms with Crippen LogP contribution < -0.4 is 10.1 Å². The minimum absolute atomic E-state index is 0.160. The fourth-order valence-corrected chi connectivity index (χ4v) is 2.55. The number of esters is 1. The monoisotopic (exact) mass is 233 g/mol. The molecule has 2 aliphatic heterocycles. The Bertz CT molecular complexity index is 484. The number of hydrogen-bond acceptors (Lipinski definition) is 4. The first-order valence-electron chi connectivity index (χ1n) is 5.82. The van der Waals surface area contributed by atoms with Crippen LogP contribution in [0.1, 0.15) is 22.8 Å². The summed E-state index contributed by atoms with van der Waals surface area (Å²) in [4.78, 5) is 11.9. The molecule has 0 bridgehead atoms. The summed E-state index contributed by atoms with van der Waals surface area (Å²) in [6.45, 7) is 5.09. The van der Waals surface area contributed by atoms with Gasteiger partial charge in [0.2, 0.25) is 0 Å². The molecule has 4 nitrogen and oxygen atoms in total. The van der Waals surface area contributed by atoms with Gasteiger partial charge in [-0.15, -0.1) is 0 Å². The van der Waals surface area contributed by atoms with E-state index in [0.717, 1.165) is 16.7 Å². The second kappa shape index (κ2) is 3.82. The first-order chi connectivity index (χ1) is 8.18. The van der Waals surface area contributed by atoms with E-state index in [1.54, 1.807) is 0 Å². The molecule has 1 fully saturated rings. The topological polar surface area (TPSA) is 47.6 Å². The largest absolute Gasteiger partial charge is 0.426 e. The summed E-state index contributed by atoms with van der Waals surface area (Å²) in [7, 11) is 0. The maximum Gasteiger partial charge on any atom is 0.318 e. The molecule has 90 valence electrons. The second-order valence-electron chi connectivity index (χ2n) is 4.66. The van der Waals surface area contributed by atoms with Gasteiger partial charge in [0.05, 0.1) is 6.73 Å². The van der Waals surface area contributed by atoms with E-state index in [4.69, 9.17) is 9.47 Å². The van der Waals surface area contributed by atoms with E-state index in [-0.39, 0.29) is 18.0 Å². The van der Waals surface area contributed by atoms with Crippen LogP contribution in [0.5, 0.6) is 5.75 Å². The standard InChI is InChI=1S/C13H15NO3/c1-7-3-4-8(2)11-10(7)12-9(13(15)17-11)5-14-6-16-12/h3-4,9,12,14H,5-6H2,1-2H3. The quantitative estimate of drug-likeness (QED) is 0.544. The smallest absolute Gasteiger partial charge is 0.318 e. The lowest BCUT2D eigenvalue weighted by atomic mass is 9.87. The van der Waals surface area contributed by atoms with Gasteiger partial charge in [-0.1, -0.05) is 12.1 Å². The number of carbonyl (C=O) groups is 1. The van der Waals surface area contributed by atoms with E-state index in [2.05, 4.69) is 11.4 Å². The van der Waals surface area contributed by atoms with Crippen molar-refractivity contribution in [3.63, 3.8) is 0 Å². The highest BCUT2D eigenvalue weighted by molar-refractivity contribution is 5.80. The molecular formula is C13H15NO3. The summed E-state index contributed by atoms with van der Waals surface area (Å²) in [6, 6.07) is 4.03. The van der Waals surface area contributed by atoms with Crippen molar-refractivity contribution in [2.24, 2.45) is 5.92 Å². The third-order valence-corrected chi connectivity index (χ3v) is 3.50. The Morgan fingerprint density at radius 2 is 2.06 bits per heavy atom. The minimum atomic E-state index is -0.225. The van der Waals surface area contributed by atoms with Gasteiger partial charge in [-0.3, -0.25) is 10.1 Å². The van der Waals surface area contributed by atoms with E-state index in [9.17, 15) is 4.79 Å². The number of carbonyl (C=O) groups excluding carboxylic acids is 1. The summed E-state index contributed by atoms with van der Waals surface area (Å²) in [5.74, 6) is 0.276. The SMILES string of the molecule is Cc1ccc(C)c2c1OC(=O)C1CNCOC21. The predicted molar refractivity (Wildman–Crippen MR) is 61.7 cm³/mol. The lowest BCUT2D eigenvalue weighted by Crippen LogP contribution is -2.45. The first-order valence-corrected chi connectivity index (χ1v) is 5.82. The Balaban J connectivity index is 2.16. The molecular weight excluding hydrogens is 218 g/mol. The van der Waals surface area contributed by atoms with Crippen molar-refractivity contribution in [2.45, 2.75) is 20.0 Å². The van der Waals surface area contributed by atoms with Gasteiger partial charge in [-0.2, -0.15) is 0 Å². The molecule has 0 aromatic heterocycles. The Hall–Kier alpha value is -1.39. The summed E-state index contributed by atoms with van der Waals surface area (Å²) >= 11 is 0. The molecule has 2 unspecified atom stereocenters. The van der Waals surface area contributed by atoms with Gasteiger partial charge in [0, 0.05) is 12.1 Å². The molecule has 1 N–H and O–H groups in total. The number of hydrogen-bond donors (Lipinski definition) is 1. The normalized spacial score (nSPS) is 27.1. The Morgan fingerprint density at radius 1 is 1.29 bits per heavy atom. The Kier molecular flexibility index (Phi) is 2.42. The van der Waals surface area contributed by atoms with Crippen molar-refractivity contribution >= 4 is 5.97 Å². The third-order valence-electron chi connectivity index (χ3n) is 3.50. The highest BCUT2D eigenvalue weighted by atomic mass is 16.6. The molecule has 1 saturated heterocycles. The third kappa shape index (κ3) is 1.56. The molecule has 0 saturated carbocycles. The van der Waals surface area contributed by atoms with Crippen LogP contribution >= 0.6 is 0 Å². The van der Waals surface area contributed by atoms with Crippen molar-refractivity contribution < 1.29 is 14.3 Å². The highest BCUT2D eigenvalue weighted by Crippen LogP contribution is 2.42. The number of fused-ring (bicyclic) bond motifs is 3. The van der Waals surface area contributed by atoms with Crippen LogP contribution in [0.2, 0.25) is 0 Å². The minimum Gasteiger partial charge on any atom is -0.426 e. The summed E-state index contributed by atoms with van der Waals surface area (Å²) < 4.78 is 11.2. The molecule has 0 aliphatic carbocycles. The van der Waals surface area contributed by atoms with Crippen LogP contribution in [0.15, 0.2) is 12.1 Å². The van der Waals surface area contributed by atoms with Crippen molar-refractivity contribution in [3.8, 4) is 5.75 Å². The molecule has 0 spiro atoms. The van der Waals surface area contributed by atoms with Crippen molar-refractivity contribution in [3.05, 3.63) is 28.8 Å². The molecule has 17 heavy (non-hydrogen) atoms. The molecule has 2 aliphatic rings. The zero-order valence-electron chi connectivity index (χ0n) is 9.95. The van der Waals surface area contributed by atoms with Crippen LogP contribution in [0.25, 0.3) is 0 Å². The second-order valence-corrected chi connectivity index (χ2v) is 4.66. The van der Waals surface area contributed by atoms with Gasteiger partial charge in [-0.25, -0.2) is 0 Å². The van der Waals surface area contributed by atoms with E-state index in [0.29, 0.717) is 19.0 Å². The van der Waals surface area contributed by atoms with Crippen molar-refractivity contribution in [1.82, 2.24) is 5.32 Å². The fraction of sp³-hybridized carbons (Fsp3) is 0.462. The van der Waals surface area contributed by atoms with Gasteiger partial charge >= 0.3 is 5.97 Å². The maximum absolute atomic E-state index is 11.9. The molecule has 2 heterocycles. The van der Waals surface area contributed by atoms with Crippen LogP contribution in [0.3, 0.4) is 0 Å². The zero-order chi connectivity index (χ0) is 12.0. The van der Waals surface area contributed by atoms with Gasteiger partial charge in [0.15, 0.2) is 0 Å². The molecule has 4 heteroatoms. The van der Waals surface area contributed by atoms with Crippen LogP contribution in [0.4, 0.5) is 0 Å². The van der Waals surface area contributed by atoms with Crippen LogP contribution in [-0.2, 0) is 9.53 Å². The number of aryl methyl sites for hydroxylation is 2. The Morgan fingerprint density at radius 3 is 2.88 bits per heavy atom. The number of rotatable bonds is 0. The summed E-state index contributed by atoms with van der Waals surface area (Å²) in [5, 5.41) is 3.06. The van der Waals surface area contributed by atoms with Gasteiger partial charge in [-0.05, 0) is 25.0 Å². The van der Waals surface area contributed by atoms with Gasteiger partial charge in [0.1, 0.15) is 17.8 Å². The lowest BCUT2D eigenvalue weighted by Gasteiger charge is -2.36. The van der Waals surface area contributed by atoms with E-state index < -0.39 is 0 Å². The zero-order valence-corrected chi connectivity index (χ0v) is 9.95. The van der Waals surface area contributed by atoms with E-state index >= 15 is 0 Å². The molecule has 0 radical (unpaired) electrons. The average Bonchev–Trinajstić information content (AvgIpc) is 2.34. The highest BCUT2D eigenvalue weighted by Gasteiger charge is 2.41.